The molecular weight excluding hydrogens is 308 g/mol. The van der Waals surface area contributed by atoms with Crippen molar-refractivity contribution in [1.29, 1.82) is 0 Å². The van der Waals surface area contributed by atoms with Crippen molar-refractivity contribution in [2.75, 3.05) is 13.1 Å². The summed E-state index contributed by atoms with van der Waals surface area (Å²) in [5.74, 6) is -1.12. The lowest BCUT2D eigenvalue weighted by atomic mass is 10.0. The first-order valence-electron chi connectivity index (χ1n) is 8.27. The summed E-state index contributed by atoms with van der Waals surface area (Å²) in [6, 6.07) is 6.71. The van der Waals surface area contributed by atoms with Crippen LogP contribution in [0.15, 0.2) is 24.3 Å². The van der Waals surface area contributed by atoms with Crippen LogP contribution in [0, 0.1) is 5.92 Å². The third-order valence-electron chi connectivity index (χ3n) is 4.11. The minimum absolute atomic E-state index is 0.00208. The molecule has 6 nitrogen and oxygen atoms in total. The quantitative estimate of drug-likeness (QED) is 0.859. The molecule has 1 heterocycles. The maximum absolute atomic E-state index is 12.7. The van der Waals surface area contributed by atoms with Gasteiger partial charge in [-0.25, -0.2) is 0 Å². The molecule has 1 fully saturated rings. The highest BCUT2D eigenvalue weighted by Gasteiger charge is 2.26. The van der Waals surface area contributed by atoms with Gasteiger partial charge in [-0.3, -0.25) is 14.4 Å². The van der Waals surface area contributed by atoms with Crippen LogP contribution in [0.3, 0.4) is 0 Å². The average Bonchev–Trinajstić information content (AvgIpc) is 2.54. The second-order valence-electron chi connectivity index (χ2n) is 6.52. The van der Waals surface area contributed by atoms with E-state index >= 15 is 0 Å². The minimum Gasteiger partial charge on any atom is -0.481 e. The zero-order valence-corrected chi connectivity index (χ0v) is 14.1. The number of amides is 2. The molecule has 1 aliphatic rings. The van der Waals surface area contributed by atoms with E-state index in [9.17, 15) is 14.4 Å². The van der Waals surface area contributed by atoms with Gasteiger partial charge in [0.15, 0.2) is 0 Å². The van der Waals surface area contributed by atoms with Gasteiger partial charge in [-0.2, -0.15) is 0 Å². The van der Waals surface area contributed by atoms with Gasteiger partial charge in [0.2, 0.25) is 5.91 Å². The van der Waals surface area contributed by atoms with Crippen LogP contribution in [-0.4, -0.2) is 46.9 Å². The summed E-state index contributed by atoms with van der Waals surface area (Å²) >= 11 is 0. The maximum atomic E-state index is 12.7. The Bertz CT molecular complexity index is 627. The first-order valence-corrected chi connectivity index (χ1v) is 8.27. The van der Waals surface area contributed by atoms with Crippen LogP contribution < -0.4 is 5.32 Å². The lowest BCUT2D eigenvalue weighted by molar-refractivity contribution is -0.136. The van der Waals surface area contributed by atoms with Gasteiger partial charge in [0.1, 0.15) is 0 Å². The first-order chi connectivity index (χ1) is 11.4. The summed E-state index contributed by atoms with van der Waals surface area (Å²) in [5, 5.41) is 11.9. The number of carbonyl (C=O) groups is 3. The molecule has 6 heteroatoms. The van der Waals surface area contributed by atoms with Gasteiger partial charge in [-0.05, 0) is 30.5 Å². The molecule has 2 rings (SSSR count). The molecule has 0 bridgehead atoms. The van der Waals surface area contributed by atoms with Crippen molar-refractivity contribution in [3.05, 3.63) is 35.4 Å². The van der Waals surface area contributed by atoms with Crippen LogP contribution in [0.1, 0.15) is 42.6 Å². The number of likely N-dealkylation sites (tertiary alicyclic amines) is 1. The summed E-state index contributed by atoms with van der Waals surface area (Å²) in [5.41, 5.74) is 1.10. The van der Waals surface area contributed by atoms with Crippen molar-refractivity contribution < 1.29 is 19.5 Å². The van der Waals surface area contributed by atoms with E-state index in [0.717, 1.165) is 12.8 Å². The van der Waals surface area contributed by atoms with Crippen molar-refractivity contribution in [1.82, 2.24) is 10.2 Å². The van der Waals surface area contributed by atoms with Gasteiger partial charge in [-0.15, -0.1) is 0 Å². The number of piperidine rings is 1. The van der Waals surface area contributed by atoms with Crippen LogP contribution in [-0.2, 0) is 16.0 Å². The molecule has 1 aliphatic heterocycles. The molecule has 1 saturated heterocycles. The van der Waals surface area contributed by atoms with Crippen molar-refractivity contribution in [2.45, 2.75) is 39.2 Å². The number of nitrogens with zero attached hydrogens (tertiary/aromatic N) is 1. The second-order valence-corrected chi connectivity index (χ2v) is 6.52. The Balaban J connectivity index is 2.03. The second kappa shape index (κ2) is 7.95. The number of benzene rings is 1. The van der Waals surface area contributed by atoms with E-state index in [4.69, 9.17) is 5.11 Å². The van der Waals surface area contributed by atoms with Gasteiger partial charge in [0.25, 0.3) is 5.91 Å². The molecule has 2 N–H and O–H groups in total. The predicted molar refractivity (Wildman–Crippen MR) is 89.7 cm³/mol. The minimum atomic E-state index is -0.922. The van der Waals surface area contributed by atoms with Crippen LogP contribution in [0.5, 0.6) is 0 Å². The molecule has 1 unspecified atom stereocenters. The Morgan fingerprint density at radius 3 is 2.75 bits per heavy atom. The van der Waals surface area contributed by atoms with E-state index in [2.05, 4.69) is 5.32 Å². The largest absolute Gasteiger partial charge is 0.481 e. The highest BCUT2D eigenvalue weighted by molar-refractivity contribution is 5.94. The topological polar surface area (TPSA) is 86.7 Å². The van der Waals surface area contributed by atoms with E-state index in [0.29, 0.717) is 24.2 Å². The molecule has 1 aromatic rings. The summed E-state index contributed by atoms with van der Waals surface area (Å²) < 4.78 is 0. The van der Waals surface area contributed by atoms with Gasteiger partial charge in [-0.1, -0.05) is 26.0 Å². The lowest BCUT2D eigenvalue weighted by Gasteiger charge is -2.33. The third-order valence-corrected chi connectivity index (χ3v) is 4.11. The fourth-order valence-electron chi connectivity index (χ4n) is 2.82. The van der Waals surface area contributed by atoms with Crippen molar-refractivity contribution in [3.8, 4) is 0 Å². The normalized spacial score (nSPS) is 17.6. The Hall–Kier alpha value is -2.37. The molecule has 1 aromatic carbocycles. The van der Waals surface area contributed by atoms with Crippen LogP contribution >= 0.6 is 0 Å². The van der Waals surface area contributed by atoms with E-state index in [1.807, 2.05) is 13.8 Å². The summed E-state index contributed by atoms with van der Waals surface area (Å²) in [7, 11) is 0. The molecule has 0 saturated carbocycles. The highest BCUT2D eigenvalue weighted by Crippen LogP contribution is 2.16. The van der Waals surface area contributed by atoms with Crippen LogP contribution in [0.25, 0.3) is 0 Å². The molecule has 2 amide bonds. The molecule has 24 heavy (non-hydrogen) atoms. The number of carboxylic acid groups (broad SMARTS) is 1. The number of rotatable bonds is 5. The van der Waals surface area contributed by atoms with E-state index in [-0.39, 0.29) is 30.2 Å². The van der Waals surface area contributed by atoms with Gasteiger partial charge in [0, 0.05) is 30.6 Å². The zero-order valence-electron chi connectivity index (χ0n) is 14.1. The van der Waals surface area contributed by atoms with Gasteiger partial charge >= 0.3 is 5.97 Å². The van der Waals surface area contributed by atoms with E-state index in [1.165, 1.54) is 0 Å². The average molecular weight is 332 g/mol. The molecule has 130 valence electrons. The van der Waals surface area contributed by atoms with Gasteiger partial charge in [0.05, 0.1) is 6.42 Å². The number of hydrogen-bond acceptors (Lipinski definition) is 3. The number of aliphatic carboxylic acids is 1. The molecule has 0 spiro atoms. The van der Waals surface area contributed by atoms with E-state index in [1.54, 1.807) is 29.2 Å². The Labute approximate surface area is 141 Å². The number of carbonyl (C=O) groups excluding carboxylic acids is 2. The SMILES string of the molecule is CC(C)C(=O)NC1CCCN(C(=O)c2cccc(CC(=O)O)c2)C1. The molecular formula is C18H24N2O4. The number of hydrogen-bond donors (Lipinski definition) is 2. The van der Waals surface area contributed by atoms with Crippen LogP contribution in [0.2, 0.25) is 0 Å². The Morgan fingerprint density at radius 2 is 2.08 bits per heavy atom. The smallest absolute Gasteiger partial charge is 0.307 e. The Kier molecular flexibility index (Phi) is 5.95. The molecule has 0 aliphatic carbocycles. The standard InChI is InChI=1S/C18H24N2O4/c1-12(2)17(23)19-15-7-4-8-20(11-15)18(24)14-6-3-5-13(9-14)10-16(21)22/h3,5-6,9,12,15H,4,7-8,10-11H2,1-2H3,(H,19,23)(H,21,22). The van der Waals surface area contributed by atoms with Gasteiger partial charge < -0.3 is 15.3 Å². The fraction of sp³-hybridized carbons (Fsp3) is 0.500. The molecule has 1 atom stereocenters. The monoisotopic (exact) mass is 332 g/mol. The predicted octanol–water partition coefficient (Wildman–Crippen LogP) is 1.69. The van der Waals surface area contributed by atoms with Crippen LogP contribution in [0.4, 0.5) is 0 Å². The summed E-state index contributed by atoms with van der Waals surface area (Å²) in [4.78, 5) is 37.1. The highest BCUT2D eigenvalue weighted by atomic mass is 16.4. The number of carboxylic acids is 1. The summed E-state index contributed by atoms with van der Waals surface area (Å²) in [6.07, 6.45) is 1.60. The van der Waals surface area contributed by atoms with Crippen molar-refractivity contribution >= 4 is 17.8 Å². The maximum Gasteiger partial charge on any atom is 0.307 e. The first kappa shape index (κ1) is 18.0. The van der Waals surface area contributed by atoms with Crippen molar-refractivity contribution in [3.63, 3.8) is 0 Å². The summed E-state index contributed by atoms with van der Waals surface area (Å²) in [6.45, 7) is 4.82. The molecule has 0 radical (unpaired) electrons. The van der Waals surface area contributed by atoms with Crippen molar-refractivity contribution in [2.24, 2.45) is 5.92 Å². The zero-order chi connectivity index (χ0) is 17.7. The number of nitrogens with one attached hydrogen (secondary N) is 1. The third kappa shape index (κ3) is 4.81. The van der Waals surface area contributed by atoms with E-state index < -0.39 is 5.97 Å². The fourth-order valence-corrected chi connectivity index (χ4v) is 2.82. The lowest BCUT2D eigenvalue weighted by Crippen LogP contribution is -2.50. The Morgan fingerprint density at radius 1 is 1.33 bits per heavy atom. The molecule has 0 aromatic heterocycles.